The third-order valence-corrected chi connectivity index (χ3v) is 4.96. The lowest BCUT2D eigenvalue weighted by molar-refractivity contribution is 0.0893. The first-order chi connectivity index (χ1) is 13.2. The van der Waals surface area contributed by atoms with Crippen LogP contribution in [0.1, 0.15) is 17.6 Å². The van der Waals surface area contributed by atoms with Gasteiger partial charge < -0.3 is 0 Å². The number of halogens is 1. The minimum Gasteiger partial charge on any atom is -0.277 e. The third-order valence-electron chi connectivity index (χ3n) is 4.96. The highest BCUT2D eigenvalue weighted by Crippen LogP contribution is 2.42. The summed E-state index contributed by atoms with van der Waals surface area (Å²) >= 11 is 0. The lowest BCUT2D eigenvalue weighted by Crippen LogP contribution is -2.13. The number of carbonyl (C=O) groups excluding carboxylic acids is 1. The predicted octanol–water partition coefficient (Wildman–Crippen LogP) is 4.95. The van der Waals surface area contributed by atoms with E-state index in [2.05, 4.69) is 9.97 Å². The molecule has 27 heavy (non-hydrogen) atoms. The summed E-state index contributed by atoms with van der Waals surface area (Å²) in [6, 6.07) is 13.9. The normalized spacial score (nSPS) is 13.8. The number of benzene rings is 1. The van der Waals surface area contributed by atoms with Gasteiger partial charge in [-0.1, -0.05) is 12.1 Å². The summed E-state index contributed by atoms with van der Waals surface area (Å²) in [4.78, 5) is 21.8. The van der Waals surface area contributed by atoms with Crippen molar-refractivity contribution in [1.29, 1.82) is 0 Å². The first-order valence-corrected chi connectivity index (χ1v) is 8.94. The molecule has 0 unspecified atom stereocenters. The largest absolute Gasteiger partial charge is 0.277 e. The number of rotatable bonds is 3. The van der Waals surface area contributed by atoms with Crippen molar-refractivity contribution >= 4 is 16.9 Å². The van der Waals surface area contributed by atoms with Crippen molar-refractivity contribution in [2.45, 2.75) is 12.8 Å². The Morgan fingerprint density at radius 2 is 1.70 bits per heavy atom. The van der Waals surface area contributed by atoms with E-state index in [9.17, 15) is 9.18 Å². The van der Waals surface area contributed by atoms with E-state index in [0.29, 0.717) is 0 Å². The zero-order chi connectivity index (χ0) is 18.4. The highest BCUT2D eigenvalue weighted by atomic mass is 19.1. The molecule has 5 heteroatoms. The van der Waals surface area contributed by atoms with E-state index in [4.69, 9.17) is 0 Å². The quantitative estimate of drug-likeness (QED) is 0.521. The van der Waals surface area contributed by atoms with Crippen LogP contribution in [0.5, 0.6) is 0 Å². The Morgan fingerprint density at radius 3 is 2.41 bits per heavy atom. The summed E-state index contributed by atoms with van der Waals surface area (Å²) in [5.41, 5.74) is 4.86. The van der Waals surface area contributed by atoms with Crippen molar-refractivity contribution in [2.75, 3.05) is 0 Å². The molecule has 0 saturated heterocycles. The fourth-order valence-electron chi connectivity index (χ4n) is 3.53. The highest BCUT2D eigenvalue weighted by Gasteiger charge is 2.34. The number of aromatic nitrogens is 3. The molecule has 0 amide bonds. The van der Waals surface area contributed by atoms with Gasteiger partial charge in [0.1, 0.15) is 5.82 Å². The molecule has 0 atom stereocenters. The number of hydrogen-bond donors (Lipinski definition) is 0. The summed E-state index contributed by atoms with van der Waals surface area (Å²) in [5, 5.41) is 0. The molecule has 1 fully saturated rings. The molecule has 4 aromatic rings. The Bertz CT molecular complexity index is 1150. The Kier molecular flexibility index (Phi) is 3.60. The van der Waals surface area contributed by atoms with Crippen LogP contribution in [0.2, 0.25) is 0 Å². The smallest absolute Gasteiger partial charge is 0.234 e. The zero-order valence-electron chi connectivity index (χ0n) is 14.5. The Morgan fingerprint density at radius 1 is 0.963 bits per heavy atom. The molecule has 0 aliphatic heterocycles. The molecule has 0 N–H and O–H groups in total. The van der Waals surface area contributed by atoms with Gasteiger partial charge in [0, 0.05) is 35.6 Å². The molecule has 1 saturated carbocycles. The molecule has 1 aliphatic carbocycles. The highest BCUT2D eigenvalue weighted by molar-refractivity contribution is 6.08. The van der Waals surface area contributed by atoms with Crippen LogP contribution in [-0.2, 0) is 0 Å². The second kappa shape index (κ2) is 6.13. The Hall–Kier alpha value is -3.34. The fraction of sp³-hybridized carbons (Fsp3) is 0.136. The van der Waals surface area contributed by atoms with Crippen molar-refractivity contribution < 1.29 is 9.18 Å². The van der Waals surface area contributed by atoms with Crippen LogP contribution in [0.25, 0.3) is 33.4 Å². The van der Waals surface area contributed by atoms with Gasteiger partial charge in [-0.2, -0.15) is 0 Å². The summed E-state index contributed by atoms with van der Waals surface area (Å²) in [6.45, 7) is 0. The first kappa shape index (κ1) is 15.9. The Labute approximate surface area is 155 Å². The summed E-state index contributed by atoms with van der Waals surface area (Å²) in [6.07, 6.45) is 6.97. The Balaban J connectivity index is 1.90. The van der Waals surface area contributed by atoms with Gasteiger partial charge in [-0.15, -0.1) is 0 Å². The molecule has 1 aliphatic rings. The van der Waals surface area contributed by atoms with Gasteiger partial charge in [0.25, 0.3) is 0 Å². The standard InChI is InChI=1S/C22H16FN3O/c23-17-7-5-14(6-8-17)19-20-18(2-1-11-25-20)26(22(27)16-3-4-16)21(19)15-9-12-24-13-10-15/h1-2,5-13,16H,3-4H2. The van der Waals surface area contributed by atoms with Crippen LogP contribution in [0.3, 0.4) is 0 Å². The van der Waals surface area contributed by atoms with E-state index in [1.807, 2.05) is 24.3 Å². The lowest BCUT2D eigenvalue weighted by atomic mass is 10.0. The van der Waals surface area contributed by atoms with Crippen LogP contribution in [-0.4, -0.2) is 20.4 Å². The minimum absolute atomic E-state index is 0.0578. The van der Waals surface area contributed by atoms with Crippen molar-refractivity contribution in [2.24, 2.45) is 5.92 Å². The van der Waals surface area contributed by atoms with Crippen molar-refractivity contribution in [3.05, 3.63) is 72.9 Å². The van der Waals surface area contributed by atoms with Crippen molar-refractivity contribution in [3.8, 4) is 22.4 Å². The van der Waals surface area contributed by atoms with Gasteiger partial charge in [-0.05, 0) is 54.8 Å². The molecule has 4 nitrogen and oxygen atoms in total. The van der Waals surface area contributed by atoms with Gasteiger partial charge in [0.05, 0.1) is 16.7 Å². The molecule has 3 heterocycles. The van der Waals surface area contributed by atoms with Crippen molar-refractivity contribution in [1.82, 2.24) is 14.5 Å². The van der Waals surface area contributed by atoms with E-state index >= 15 is 0 Å². The third kappa shape index (κ3) is 2.63. The maximum atomic E-state index is 13.5. The van der Waals surface area contributed by atoms with E-state index in [0.717, 1.165) is 46.3 Å². The monoisotopic (exact) mass is 357 g/mol. The molecule has 0 spiro atoms. The second-order valence-corrected chi connectivity index (χ2v) is 6.79. The topological polar surface area (TPSA) is 47.8 Å². The van der Waals surface area contributed by atoms with Gasteiger partial charge in [0.2, 0.25) is 5.91 Å². The molecule has 0 radical (unpaired) electrons. The summed E-state index contributed by atoms with van der Waals surface area (Å²) in [7, 11) is 0. The number of pyridine rings is 2. The number of carbonyl (C=O) groups is 1. The summed E-state index contributed by atoms with van der Waals surface area (Å²) in [5.74, 6) is -0.148. The molecule has 3 aromatic heterocycles. The SMILES string of the molecule is O=C(C1CC1)n1c(-c2ccncc2)c(-c2ccc(F)cc2)c2ncccc21. The van der Waals surface area contributed by atoms with Crippen molar-refractivity contribution in [3.63, 3.8) is 0 Å². The van der Waals surface area contributed by atoms with Crippen LogP contribution >= 0.6 is 0 Å². The van der Waals surface area contributed by atoms with Crippen LogP contribution in [0.4, 0.5) is 4.39 Å². The molecule has 5 rings (SSSR count). The fourth-order valence-corrected chi connectivity index (χ4v) is 3.53. The number of hydrogen-bond acceptors (Lipinski definition) is 3. The molecule has 0 bridgehead atoms. The van der Waals surface area contributed by atoms with Crippen LogP contribution in [0.15, 0.2) is 67.1 Å². The second-order valence-electron chi connectivity index (χ2n) is 6.79. The van der Waals surface area contributed by atoms with Gasteiger partial charge >= 0.3 is 0 Å². The number of fused-ring (bicyclic) bond motifs is 1. The van der Waals surface area contributed by atoms with Gasteiger partial charge in [-0.25, -0.2) is 4.39 Å². The lowest BCUT2D eigenvalue weighted by Gasteiger charge is -2.11. The van der Waals surface area contributed by atoms with E-state index in [1.165, 1.54) is 12.1 Å². The van der Waals surface area contributed by atoms with E-state index in [1.54, 1.807) is 35.3 Å². The first-order valence-electron chi connectivity index (χ1n) is 8.94. The summed E-state index contributed by atoms with van der Waals surface area (Å²) < 4.78 is 15.3. The van der Waals surface area contributed by atoms with Gasteiger partial charge in [0.15, 0.2) is 0 Å². The average Bonchev–Trinajstić information content (AvgIpc) is 3.50. The predicted molar refractivity (Wildman–Crippen MR) is 102 cm³/mol. The molecular weight excluding hydrogens is 341 g/mol. The number of nitrogens with zero attached hydrogens (tertiary/aromatic N) is 3. The minimum atomic E-state index is -0.296. The molecular formula is C22H16FN3O. The van der Waals surface area contributed by atoms with E-state index in [-0.39, 0.29) is 17.6 Å². The zero-order valence-corrected chi connectivity index (χ0v) is 14.5. The molecule has 132 valence electrons. The molecule has 1 aromatic carbocycles. The van der Waals surface area contributed by atoms with Gasteiger partial charge in [-0.3, -0.25) is 19.3 Å². The van der Waals surface area contributed by atoms with E-state index < -0.39 is 0 Å². The average molecular weight is 357 g/mol. The maximum absolute atomic E-state index is 13.5. The van der Waals surface area contributed by atoms with Crippen LogP contribution < -0.4 is 0 Å². The van der Waals surface area contributed by atoms with Crippen LogP contribution in [0, 0.1) is 11.7 Å². The maximum Gasteiger partial charge on any atom is 0.234 e.